The molecule has 9 aromatic rings. The lowest BCUT2D eigenvalue weighted by Crippen LogP contribution is -2.09. The maximum absolute atomic E-state index is 13.7. The zero-order valence-corrected chi connectivity index (χ0v) is 39.7. The van der Waals surface area contributed by atoms with Gasteiger partial charge in [-0.3, -0.25) is 4.79 Å². The van der Waals surface area contributed by atoms with Crippen LogP contribution in [0.1, 0.15) is 105 Å². The largest absolute Gasteiger partial charge is 0.411 e. The molecule has 1 unspecified atom stereocenters. The van der Waals surface area contributed by atoms with Gasteiger partial charge in [-0.25, -0.2) is 47.2 Å². The van der Waals surface area contributed by atoms with E-state index in [9.17, 15) is 31.1 Å². The smallest absolute Gasteiger partial charge is 0.180 e. The van der Waals surface area contributed by atoms with Crippen LogP contribution < -0.4 is 11.6 Å². The first-order chi connectivity index (χ1) is 34.7. The van der Waals surface area contributed by atoms with Gasteiger partial charge in [0.25, 0.3) is 0 Å². The molecule has 0 radical (unpaired) electrons. The molecule has 6 aromatic heterocycles. The minimum absolute atomic E-state index is 0. The van der Waals surface area contributed by atoms with Crippen molar-refractivity contribution >= 4 is 57.0 Å². The van der Waals surface area contributed by atoms with Crippen molar-refractivity contribution in [2.24, 2.45) is 16.8 Å². The molecule has 73 heavy (non-hydrogen) atoms. The Labute approximate surface area is 416 Å². The Balaban J connectivity index is 0.000000143. The minimum Gasteiger partial charge on any atom is -0.411 e. The summed E-state index contributed by atoms with van der Waals surface area (Å²) < 4.78 is 87.2. The van der Waals surface area contributed by atoms with Gasteiger partial charge in [0.1, 0.15) is 34.6 Å². The lowest BCUT2D eigenvalue weighted by atomic mass is 10.2. The first-order valence-corrected chi connectivity index (χ1v) is 22.5. The number of carbonyl (C=O) groups is 1. The predicted molar refractivity (Wildman–Crippen MR) is 257 cm³/mol. The SMILES string of the molecule is CC(=NO)c1cc(-c2nc3cc(F)c(F)cc3n2C2CC2)cnn1.CC(=O)c1cc(-c2nc3cc(F)c(F)cc3n2C2CC2)cnn1.CC(N)c1cc(-c2nc3cc(F)c(F)cc3n2C2CC2)cnn1.Cl.NO. The number of hydrogen-bond acceptors (Lipinski definition) is 15. The molecule has 0 spiro atoms. The van der Waals surface area contributed by atoms with E-state index in [2.05, 4.69) is 56.6 Å². The van der Waals surface area contributed by atoms with Crippen molar-refractivity contribution in [3.8, 4) is 34.2 Å². The van der Waals surface area contributed by atoms with Gasteiger partial charge in [-0.15, -0.1) is 22.6 Å². The van der Waals surface area contributed by atoms with Crippen molar-refractivity contribution in [3.63, 3.8) is 0 Å². The molecule has 0 saturated heterocycles. The van der Waals surface area contributed by atoms with Gasteiger partial charge in [0.15, 0.2) is 40.7 Å². The minimum atomic E-state index is -0.929. The molecule has 6 N–H and O–H groups in total. The van der Waals surface area contributed by atoms with Crippen LogP contribution in [0.25, 0.3) is 67.3 Å². The molecule has 3 aromatic carbocycles. The van der Waals surface area contributed by atoms with Crippen LogP contribution in [0.3, 0.4) is 0 Å². The summed E-state index contributed by atoms with van der Waals surface area (Å²) >= 11 is 0. The fourth-order valence-corrected chi connectivity index (χ4v) is 8.10. The van der Waals surface area contributed by atoms with E-state index in [0.29, 0.717) is 78.8 Å². The summed E-state index contributed by atoms with van der Waals surface area (Å²) in [4.78, 5) is 24.9. The average Bonchev–Trinajstić information content (AvgIpc) is 4.32. The number of rotatable bonds is 9. The Hall–Kier alpha value is -7.80. The monoisotopic (exact) mass is 1030 g/mol. The second-order valence-electron chi connectivity index (χ2n) is 17.4. The van der Waals surface area contributed by atoms with Crippen molar-refractivity contribution in [3.05, 3.63) is 125 Å². The number of halogens is 7. The van der Waals surface area contributed by atoms with Crippen LogP contribution in [-0.2, 0) is 0 Å². The standard InChI is InChI=1S/C16H13F2N5O.C16H15F2N5.C16H12F2N4O.ClH.H3NO/c1-8(22-24)13-4-9(7-19-21-13)16-20-14-5-11(17)12(18)6-15(14)23(16)10-2-3-10;1-8(19)13-4-9(7-20-22-13)16-21-14-5-11(17)12(18)6-15(14)23(16)10-2-3-10;1-8(23)13-4-9(7-19-21-13)16-20-14-5-11(17)12(18)6-15(14)22(16)10-2-3-10;;1-2/h4-7,10,24H,2-3H2,1H3;4-8,10H,2-3,19H2,1H3;4-7,10H,2-3H2,1H3;1H;2H,1H2. The average molecular weight is 1030 g/mol. The van der Waals surface area contributed by atoms with Gasteiger partial charge in [-0.05, 0) is 70.6 Å². The van der Waals surface area contributed by atoms with Crippen LogP contribution in [0, 0.1) is 34.9 Å². The fourth-order valence-electron chi connectivity index (χ4n) is 8.10. The molecule has 378 valence electrons. The van der Waals surface area contributed by atoms with E-state index in [4.69, 9.17) is 16.1 Å². The maximum atomic E-state index is 13.7. The van der Waals surface area contributed by atoms with Crippen molar-refractivity contribution in [2.45, 2.75) is 83.5 Å². The van der Waals surface area contributed by atoms with E-state index in [0.717, 1.165) is 62.3 Å². The lowest BCUT2D eigenvalue weighted by molar-refractivity contribution is 0.101. The number of aromatic nitrogens is 12. The zero-order chi connectivity index (χ0) is 51.1. The highest BCUT2D eigenvalue weighted by Gasteiger charge is 2.32. The van der Waals surface area contributed by atoms with Crippen LogP contribution >= 0.6 is 12.4 Å². The van der Waals surface area contributed by atoms with Crippen molar-refractivity contribution < 1.29 is 41.6 Å². The third kappa shape index (κ3) is 10.6. The van der Waals surface area contributed by atoms with Crippen molar-refractivity contribution in [1.29, 1.82) is 0 Å². The first-order valence-electron chi connectivity index (χ1n) is 22.5. The number of oxime groups is 1. The molecule has 0 amide bonds. The highest BCUT2D eigenvalue weighted by Crippen LogP contribution is 2.44. The molecular weight excluding hydrogens is 984 g/mol. The summed E-state index contributed by atoms with van der Waals surface area (Å²) in [6, 6.07) is 12.4. The number of imidazole rings is 3. The van der Waals surface area contributed by atoms with E-state index in [1.807, 2.05) is 26.7 Å². The normalized spacial score (nSPS) is 14.7. The van der Waals surface area contributed by atoms with E-state index in [1.54, 1.807) is 25.3 Å². The van der Waals surface area contributed by atoms with Gasteiger partial charge in [0.05, 0.1) is 57.4 Å². The molecule has 1 atom stereocenters. The highest BCUT2D eigenvalue weighted by atomic mass is 35.5. The number of benzene rings is 3. The Morgan fingerprint density at radius 3 is 1.23 bits per heavy atom. The fraction of sp³-hybridized carbons (Fsp3) is 0.271. The zero-order valence-electron chi connectivity index (χ0n) is 38.9. The number of hydrogen-bond donors (Lipinski definition) is 4. The van der Waals surface area contributed by atoms with E-state index >= 15 is 0 Å². The number of ketones is 1. The molecule has 25 heteroatoms. The van der Waals surface area contributed by atoms with Crippen LogP contribution in [0.2, 0.25) is 0 Å². The number of carbonyl (C=O) groups excluding carboxylic acids is 1. The summed E-state index contributed by atoms with van der Waals surface area (Å²) in [6.07, 6.45) is 10.4. The van der Waals surface area contributed by atoms with Gasteiger partial charge in [0.2, 0.25) is 0 Å². The van der Waals surface area contributed by atoms with Crippen LogP contribution in [-0.4, -0.2) is 81.2 Å². The van der Waals surface area contributed by atoms with Gasteiger partial charge in [-0.2, -0.15) is 20.4 Å². The van der Waals surface area contributed by atoms with Gasteiger partial charge in [-0.1, -0.05) is 5.16 Å². The molecular formula is C48H44ClF6N15O3. The summed E-state index contributed by atoms with van der Waals surface area (Å²) in [5.41, 5.74) is 12.4. The van der Waals surface area contributed by atoms with Crippen LogP contribution in [0.4, 0.5) is 26.3 Å². The number of nitrogens with zero attached hydrogens (tertiary/aromatic N) is 13. The number of Topliss-reactive ketones (excluding diaryl/α,β-unsaturated/α-hetero) is 1. The Morgan fingerprint density at radius 2 is 0.890 bits per heavy atom. The number of nitrogens with two attached hydrogens (primary N) is 2. The van der Waals surface area contributed by atoms with Gasteiger partial charge < -0.3 is 29.8 Å². The molecule has 3 saturated carbocycles. The molecule has 3 aliphatic rings. The third-order valence-corrected chi connectivity index (χ3v) is 12.0. The molecule has 3 aliphatic carbocycles. The van der Waals surface area contributed by atoms with Crippen molar-refractivity contribution in [2.75, 3.05) is 0 Å². The van der Waals surface area contributed by atoms with Crippen molar-refractivity contribution in [1.82, 2.24) is 59.2 Å². The first kappa shape index (κ1) is 51.6. The summed E-state index contributed by atoms with van der Waals surface area (Å²) in [6.45, 7) is 4.83. The van der Waals surface area contributed by atoms with E-state index in [1.165, 1.54) is 37.5 Å². The topological polar surface area (TPSA) is 253 Å². The quantitative estimate of drug-likeness (QED) is 0.0345. The molecule has 0 bridgehead atoms. The lowest BCUT2D eigenvalue weighted by Gasteiger charge is -2.09. The highest BCUT2D eigenvalue weighted by molar-refractivity contribution is 5.97. The molecule has 6 heterocycles. The van der Waals surface area contributed by atoms with E-state index in [-0.39, 0.29) is 48.1 Å². The van der Waals surface area contributed by atoms with E-state index < -0.39 is 34.9 Å². The molecule has 12 rings (SSSR count). The van der Waals surface area contributed by atoms with Gasteiger partial charge in [0, 0.05) is 84.2 Å². The summed E-state index contributed by atoms with van der Waals surface area (Å²) in [5, 5.41) is 41.9. The maximum Gasteiger partial charge on any atom is 0.180 e. The predicted octanol–water partition coefficient (Wildman–Crippen LogP) is 9.50. The van der Waals surface area contributed by atoms with Gasteiger partial charge >= 0.3 is 0 Å². The molecule has 0 aliphatic heterocycles. The summed E-state index contributed by atoms with van der Waals surface area (Å²) in [5.74, 6) is -0.355. The van der Waals surface area contributed by atoms with Crippen LogP contribution in [0.5, 0.6) is 0 Å². The third-order valence-electron chi connectivity index (χ3n) is 12.0. The molecule has 18 nitrogen and oxygen atoms in total. The number of fused-ring (bicyclic) bond motifs is 3. The second kappa shape index (κ2) is 21.1. The Morgan fingerprint density at radius 1 is 0.562 bits per heavy atom. The molecule has 3 fully saturated rings. The second-order valence-corrected chi connectivity index (χ2v) is 17.4. The summed E-state index contributed by atoms with van der Waals surface area (Å²) in [7, 11) is 0. The van der Waals surface area contributed by atoms with Crippen LogP contribution in [0.15, 0.2) is 78.3 Å². The Kier molecular flexibility index (Phi) is 14.9. The Bertz CT molecular complexity index is 3580.